The standard InChI is InChI=1S/C13H12OS2/c14-13(12-5-2-7-15-12)10-3-1-4-11-9(10)6-8-16-11/h2,5-8,10H,1,3-4H2. The Hall–Kier alpha value is -0.930. The Balaban J connectivity index is 1.96. The summed E-state index contributed by atoms with van der Waals surface area (Å²) in [7, 11) is 0. The van der Waals surface area contributed by atoms with Gasteiger partial charge in [-0.15, -0.1) is 22.7 Å². The second kappa shape index (κ2) is 4.15. The smallest absolute Gasteiger partial charge is 0.180 e. The fraction of sp³-hybridized carbons (Fsp3) is 0.308. The van der Waals surface area contributed by atoms with E-state index in [2.05, 4.69) is 11.4 Å². The maximum absolute atomic E-state index is 12.3. The van der Waals surface area contributed by atoms with E-state index in [0.29, 0.717) is 5.78 Å². The van der Waals surface area contributed by atoms with Gasteiger partial charge in [-0.2, -0.15) is 0 Å². The average Bonchev–Trinajstić information content (AvgIpc) is 2.98. The molecule has 2 heterocycles. The lowest BCUT2D eigenvalue weighted by molar-refractivity contribution is 0.0955. The molecule has 3 rings (SSSR count). The molecule has 0 spiro atoms. The number of ketones is 1. The van der Waals surface area contributed by atoms with E-state index in [0.717, 1.165) is 24.1 Å². The number of Topliss-reactive ketones (excluding diaryl/α,β-unsaturated/α-hetero) is 1. The Bertz CT molecular complexity index is 496. The van der Waals surface area contributed by atoms with Crippen molar-refractivity contribution in [3.63, 3.8) is 0 Å². The normalized spacial score (nSPS) is 19.4. The third-order valence-corrected chi connectivity index (χ3v) is 5.01. The van der Waals surface area contributed by atoms with Crippen LogP contribution in [0.2, 0.25) is 0 Å². The number of carbonyl (C=O) groups is 1. The summed E-state index contributed by atoms with van der Waals surface area (Å²) in [6, 6.07) is 6.03. The Labute approximate surface area is 103 Å². The minimum atomic E-state index is 0.119. The highest BCUT2D eigenvalue weighted by Crippen LogP contribution is 2.37. The van der Waals surface area contributed by atoms with Crippen molar-refractivity contribution in [3.05, 3.63) is 44.3 Å². The van der Waals surface area contributed by atoms with Crippen molar-refractivity contribution >= 4 is 28.5 Å². The third kappa shape index (κ3) is 1.64. The van der Waals surface area contributed by atoms with E-state index >= 15 is 0 Å². The van der Waals surface area contributed by atoms with E-state index < -0.39 is 0 Å². The van der Waals surface area contributed by atoms with Gasteiger partial charge in [0.25, 0.3) is 0 Å². The van der Waals surface area contributed by atoms with Gasteiger partial charge in [-0.3, -0.25) is 4.79 Å². The fourth-order valence-electron chi connectivity index (χ4n) is 2.35. The van der Waals surface area contributed by atoms with Gasteiger partial charge in [0.05, 0.1) is 4.88 Å². The van der Waals surface area contributed by atoms with Crippen LogP contribution in [-0.2, 0) is 6.42 Å². The van der Waals surface area contributed by atoms with Gasteiger partial charge >= 0.3 is 0 Å². The molecule has 3 heteroatoms. The maximum atomic E-state index is 12.3. The lowest BCUT2D eigenvalue weighted by Gasteiger charge is -2.20. The number of carbonyl (C=O) groups excluding carboxylic acids is 1. The molecule has 0 saturated heterocycles. The number of fused-ring (bicyclic) bond motifs is 1. The van der Waals surface area contributed by atoms with Gasteiger partial charge in [0.2, 0.25) is 0 Å². The van der Waals surface area contributed by atoms with Crippen molar-refractivity contribution in [2.75, 3.05) is 0 Å². The quantitative estimate of drug-likeness (QED) is 0.731. The Morgan fingerprint density at radius 3 is 3.00 bits per heavy atom. The maximum Gasteiger partial charge on any atom is 0.180 e. The van der Waals surface area contributed by atoms with Crippen molar-refractivity contribution in [3.8, 4) is 0 Å². The van der Waals surface area contributed by atoms with Gasteiger partial charge in [0.15, 0.2) is 5.78 Å². The first-order valence-corrected chi connectivity index (χ1v) is 7.26. The second-order valence-corrected chi connectivity index (χ2v) is 6.03. The largest absolute Gasteiger partial charge is 0.293 e. The van der Waals surface area contributed by atoms with E-state index in [1.54, 1.807) is 22.7 Å². The molecule has 0 radical (unpaired) electrons. The summed E-state index contributed by atoms with van der Waals surface area (Å²) in [6.07, 6.45) is 3.32. The molecule has 0 amide bonds. The lowest BCUT2D eigenvalue weighted by Crippen LogP contribution is -2.16. The molecule has 1 nitrogen and oxygen atoms in total. The highest BCUT2D eigenvalue weighted by molar-refractivity contribution is 7.12. The Morgan fingerprint density at radius 1 is 1.25 bits per heavy atom. The van der Waals surface area contributed by atoms with Gasteiger partial charge in [-0.05, 0) is 47.7 Å². The highest BCUT2D eigenvalue weighted by atomic mass is 32.1. The summed E-state index contributed by atoms with van der Waals surface area (Å²) in [5.74, 6) is 0.433. The highest BCUT2D eigenvalue weighted by Gasteiger charge is 2.28. The van der Waals surface area contributed by atoms with Crippen LogP contribution in [0, 0.1) is 0 Å². The molecule has 1 unspecified atom stereocenters. The van der Waals surface area contributed by atoms with Crippen molar-refractivity contribution in [1.29, 1.82) is 0 Å². The van der Waals surface area contributed by atoms with Gasteiger partial charge in [0, 0.05) is 10.8 Å². The molecule has 1 atom stereocenters. The average molecular weight is 248 g/mol. The molecular formula is C13H12OS2. The molecule has 2 aromatic rings. The lowest BCUT2D eigenvalue weighted by atomic mass is 9.84. The predicted octanol–water partition coefficient (Wildman–Crippen LogP) is 4.11. The summed E-state index contributed by atoms with van der Waals surface area (Å²) in [5.41, 5.74) is 1.29. The fourth-order valence-corrected chi connectivity index (χ4v) is 4.06. The zero-order valence-electron chi connectivity index (χ0n) is 8.81. The van der Waals surface area contributed by atoms with Gasteiger partial charge < -0.3 is 0 Å². The summed E-state index contributed by atoms with van der Waals surface area (Å²) in [4.78, 5) is 14.7. The molecule has 0 N–H and O–H groups in total. The zero-order valence-corrected chi connectivity index (χ0v) is 10.4. The molecule has 1 aliphatic carbocycles. The van der Waals surface area contributed by atoms with Crippen LogP contribution in [0.1, 0.15) is 38.9 Å². The minimum Gasteiger partial charge on any atom is -0.293 e. The summed E-state index contributed by atoms with van der Waals surface area (Å²) in [5, 5.41) is 4.09. The van der Waals surface area contributed by atoms with Gasteiger partial charge in [-0.25, -0.2) is 0 Å². The Kier molecular flexibility index (Phi) is 2.65. The predicted molar refractivity (Wildman–Crippen MR) is 68.6 cm³/mol. The van der Waals surface area contributed by atoms with E-state index in [1.807, 2.05) is 17.5 Å². The molecule has 0 bridgehead atoms. The SMILES string of the molecule is O=C(c1cccs1)C1CCCc2sccc21. The summed E-state index contributed by atoms with van der Waals surface area (Å²) >= 11 is 3.35. The first-order valence-electron chi connectivity index (χ1n) is 5.50. The van der Waals surface area contributed by atoms with Crippen LogP contribution in [0.15, 0.2) is 29.0 Å². The molecule has 2 aromatic heterocycles. The van der Waals surface area contributed by atoms with Gasteiger partial charge in [-0.1, -0.05) is 6.07 Å². The third-order valence-electron chi connectivity index (χ3n) is 3.13. The van der Waals surface area contributed by atoms with Crippen LogP contribution in [0.4, 0.5) is 0 Å². The summed E-state index contributed by atoms with van der Waals surface area (Å²) < 4.78 is 0. The first-order chi connectivity index (χ1) is 7.86. The second-order valence-electron chi connectivity index (χ2n) is 4.09. The Morgan fingerprint density at radius 2 is 2.19 bits per heavy atom. The van der Waals surface area contributed by atoms with Crippen LogP contribution in [-0.4, -0.2) is 5.78 Å². The van der Waals surface area contributed by atoms with E-state index in [1.165, 1.54) is 10.4 Å². The first kappa shape index (κ1) is 10.2. The number of thiophene rings is 2. The zero-order chi connectivity index (χ0) is 11.0. The van der Waals surface area contributed by atoms with Crippen molar-refractivity contribution in [1.82, 2.24) is 0 Å². The number of aryl methyl sites for hydroxylation is 1. The van der Waals surface area contributed by atoms with Crippen LogP contribution >= 0.6 is 22.7 Å². The van der Waals surface area contributed by atoms with E-state index in [-0.39, 0.29) is 5.92 Å². The van der Waals surface area contributed by atoms with Gasteiger partial charge in [0.1, 0.15) is 0 Å². The van der Waals surface area contributed by atoms with E-state index in [4.69, 9.17) is 0 Å². The minimum absolute atomic E-state index is 0.119. The topological polar surface area (TPSA) is 17.1 Å². The van der Waals surface area contributed by atoms with Crippen LogP contribution in [0.3, 0.4) is 0 Å². The molecular weight excluding hydrogens is 236 g/mol. The molecule has 0 aromatic carbocycles. The molecule has 82 valence electrons. The molecule has 16 heavy (non-hydrogen) atoms. The van der Waals surface area contributed by atoms with Crippen molar-refractivity contribution in [2.45, 2.75) is 25.2 Å². The van der Waals surface area contributed by atoms with Crippen LogP contribution < -0.4 is 0 Å². The van der Waals surface area contributed by atoms with Crippen LogP contribution in [0.25, 0.3) is 0 Å². The van der Waals surface area contributed by atoms with Crippen LogP contribution in [0.5, 0.6) is 0 Å². The van der Waals surface area contributed by atoms with Crippen molar-refractivity contribution in [2.24, 2.45) is 0 Å². The monoisotopic (exact) mass is 248 g/mol. The summed E-state index contributed by atoms with van der Waals surface area (Å²) in [6.45, 7) is 0. The number of rotatable bonds is 2. The van der Waals surface area contributed by atoms with Crippen molar-refractivity contribution < 1.29 is 4.79 Å². The van der Waals surface area contributed by atoms with E-state index in [9.17, 15) is 4.79 Å². The molecule has 1 aliphatic rings. The number of hydrogen-bond acceptors (Lipinski definition) is 3. The molecule has 0 aliphatic heterocycles. The number of hydrogen-bond donors (Lipinski definition) is 0. The molecule has 0 fully saturated rings. The molecule has 0 saturated carbocycles.